The van der Waals surface area contributed by atoms with E-state index in [4.69, 9.17) is 14.6 Å². The van der Waals surface area contributed by atoms with Crippen LogP contribution in [0.4, 0.5) is 0 Å². The van der Waals surface area contributed by atoms with E-state index < -0.39 is 11.9 Å². The average molecular weight is 253 g/mol. The first kappa shape index (κ1) is 14.1. The molecule has 98 valence electrons. The molecule has 0 saturated heterocycles. The molecule has 18 heavy (non-hydrogen) atoms. The Bertz CT molecular complexity index is 444. The summed E-state index contributed by atoms with van der Waals surface area (Å²) in [6, 6.07) is 1.42. The van der Waals surface area contributed by atoms with Gasteiger partial charge in [0.2, 0.25) is 0 Å². The van der Waals surface area contributed by atoms with Crippen LogP contribution in [0.25, 0.3) is 0 Å². The van der Waals surface area contributed by atoms with Crippen LogP contribution >= 0.6 is 0 Å². The molecule has 1 aromatic rings. The molecule has 0 fully saturated rings. The zero-order chi connectivity index (χ0) is 13.5. The fourth-order valence-electron chi connectivity index (χ4n) is 1.08. The summed E-state index contributed by atoms with van der Waals surface area (Å²) in [6.45, 7) is 3.04. The van der Waals surface area contributed by atoms with Crippen molar-refractivity contribution < 1.29 is 24.2 Å². The number of ether oxygens (including phenoxy) is 2. The van der Waals surface area contributed by atoms with Crippen molar-refractivity contribution in [1.29, 1.82) is 0 Å². The quantitative estimate of drug-likeness (QED) is 0.794. The molecule has 1 aromatic heterocycles. The highest BCUT2D eigenvalue weighted by Gasteiger charge is 2.14. The van der Waals surface area contributed by atoms with Gasteiger partial charge in [-0.3, -0.25) is 9.59 Å². The van der Waals surface area contributed by atoms with Crippen molar-refractivity contribution in [3.8, 4) is 11.6 Å². The van der Waals surface area contributed by atoms with E-state index in [1.807, 2.05) is 0 Å². The van der Waals surface area contributed by atoms with E-state index in [1.54, 1.807) is 13.8 Å². The van der Waals surface area contributed by atoms with Crippen molar-refractivity contribution >= 4 is 11.9 Å². The number of aromatic nitrogens is 1. The first-order valence-corrected chi connectivity index (χ1v) is 5.61. The SMILES string of the molecule is CCC(=O)Oc1cc(CO)cnc1OC(=O)CC. The van der Waals surface area contributed by atoms with Gasteiger partial charge in [0, 0.05) is 19.0 Å². The maximum Gasteiger partial charge on any atom is 0.312 e. The summed E-state index contributed by atoms with van der Waals surface area (Å²) in [5.41, 5.74) is 0.463. The van der Waals surface area contributed by atoms with Gasteiger partial charge in [0.05, 0.1) is 6.61 Å². The number of pyridine rings is 1. The Kier molecular flexibility index (Phi) is 5.26. The molecule has 1 N–H and O–H groups in total. The standard InChI is InChI=1S/C12H15NO5/c1-3-10(15)17-9-5-8(7-14)6-13-12(9)18-11(16)4-2/h5-6,14H,3-4,7H2,1-2H3. The van der Waals surface area contributed by atoms with E-state index in [9.17, 15) is 9.59 Å². The molecule has 0 amide bonds. The lowest BCUT2D eigenvalue weighted by atomic mass is 10.3. The van der Waals surface area contributed by atoms with E-state index in [0.717, 1.165) is 0 Å². The summed E-state index contributed by atoms with van der Waals surface area (Å²) in [7, 11) is 0. The minimum absolute atomic E-state index is 0.0372. The fourth-order valence-corrected chi connectivity index (χ4v) is 1.08. The van der Waals surface area contributed by atoms with E-state index in [2.05, 4.69) is 4.98 Å². The molecule has 0 bridgehead atoms. The summed E-state index contributed by atoms with van der Waals surface area (Å²) in [4.78, 5) is 26.3. The van der Waals surface area contributed by atoms with Gasteiger partial charge in [-0.2, -0.15) is 0 Å². The predicted molar refractivity (Wildman–Crippen MR) is 62.0 cm³/mol. The third kappa shape index (κ3) is 3.81. The van der Waals surface area contributed by atoms with Gasteiger partial charge in [0.1, 0.15) is 0 Å². The molecule has 0 aliphatic carbocycles. The van der Waals surface area contributed by atoms with Gasteiger partial charge in [-0.05, 0) is 11.6 Å². The van der Waals surface area contributed by atoms with Gasteiger partial charge in [-0.1, -0.05) is 13.8 Å². The number of aliphatic hydroxyl groups excluding tert-OH is 1. The number of aliphatic hydroxyl groups is 1. The van der Waals surface area contributed by atoms with Crippen LogP contribution in [0.5, 0.6) is 11.6 Å². The zero-order valence-corrected chi connectivity index (χ0v) is 10.3. The lowest BCUT2D eigenvalue weighted by Gasteiger charge is -2.09. The minimum Gasteiger partial charge on any atom is -0.421 e. The molecule has 0 atom stereocenters. The van der Waals surface area contributed by atoms with Gasteiger partial charge < -0.3 is 14.6 Å². The van der Waals surface area contributed by atoms with Crippen LogP contribution in [0.15, 0.2) is 12.3 Å². The minimum atomic E-state index is -0.479. The average Bonchev–Trinajstić information content (AvgIpc) is 2.40. The molecule has 6 nitrogen and oxygen atoms in total. The van der Waals surface area contributed by atoms with Crippen molar-refractivity contribution in [2.24, 2.45) is 0 Å². The lowest BCUT2D eigenvalue weighted by Crippen LogP contribution is -2.12. The Balaban J connectivity index is 2.99. The second kappa shape index (κ2) is 6.70. The Hall–Kier alpha value is -1.95. The van der Waals surface area contributed by atoms with Crippen LogP contribution in [0, 0.1) is 0 Å². The summed E-state index contributed by atoms with van der Waals surface area (Å²) >= 11 is 0. The van der Waals surface area contributed by atoms with Crippen molar-refractivity contribution in [3.05, 3.63) is 17.8 Å². The van der Waals surface area contributed by atoms with Crippen LogP contribution in [0.1, 0.15) is 32.3 Å². The highest BCUT2D eigenvalue weighted by molar-refractivity contribution is 5.75. The maximum absolute atomic E-state index is 11.2. The van der Waals surface area contributed by atoms with Crippen LogP contribution in [0.3, 0.4) is 0 Å². The van der Waals surface area contributed by atoms with Crippen molar-refractivity contribution in [2.45, 2.75) is 33.3 Å². The molecule has 0 unspecified atom stereocenters. The van der Waals surface area contributed by atoms with Gasteiger partial charge in [-0.15, -0.1) is 0 Å². The molecule has 0 aromatic carbocycles. The van der Waals surface area contributed by atoms with E-state index >= 15 is 0 Å². The molecule has 0 aliphatic rings. The molecule has 1 rings (SSSR count). The Morgan fingerprint density at radius 3 is 2.39 bits per heavy atom. The second-order valence-electron chi connectivity index (χ2n) is 3.46. The van der Waals surface area contributed by atoms with Gasteiger partial charge in [0.15, 0.2) is 5.75 Å². The largest absolute Gasteiger partial charge is 0.421 e. The Morgan fingerprint density at radius 1 is 1.22 bits per heavy atom. The maximum atomic E-state index is 11.2. The molecule has 1 heterocycles. The smallest absolute Gasteiger partial charge is 0.312 e. The van der Waals surface area contributed by atoms with E-state index in [0.29, 0.717) is 5.56 Å². The van der Waals surface area contributed by atoms with Crippen LogP contribution in [-0.4, -0.2) is 22.0 Å². The number of hydrogen-bond acceptors (Lipinski definition) is 6. The second-order valence-corrected chi connectivity index (χ2v) is 3.46. The monoisotopic (exact) mass is 253 g/mol. The number of carbonyl (C=O) groups excluding carboxylic acids is 2. The van der Waals surface area contributed by atoms with E-state index in [1.165, 1.54) is 12.3 Å². The summed E-state index contributed by atoms with van der Waals surface area (Å²) in [5, 5.41) is 8.98. The van der Waals surface area contributed by atoms with Gasteiger partial charge >= 0.3 is 11.9 Å². The number of nitrogens with zero attached hydrogens (tertiary/aromatic N) is 1. The Labute approximate surface area is 105 Å². The first-order valence-electron chi connectivity index (χ1n) is 5.61. The lowest BCUT2D eigenvalue weighted by molar-refractivity contribution is -0.137. The van der Waals surface area contributed by atoms with Crippen molar-refractivity contribution in [1.82, 2.24) is 4.98 Å². The summed E-state index contributed by atoms with van der Waals surface area (Å²) < 4.78 is 9.92. The Morgan fingerprint density at radius 2 is 1.83 bits per heavy atom. The normalized spacial score (nSPS) is 9.94. The van der Waals surface area contributed by atoms with Crippen LogP contribution < -0.4 is 9.47 Å². The molecule has 0 saturated carbocycles. The predicted octanol–water partition coefficient (Wildman–Crippen LogP) is 1.20. The highest BCUT2D eigenvalue weighted by atomic mass is 16.6. The zero-order valence-electron chi connectivity index (χ0n) is 10.3. The number of esters is 2. The summed E-state index contributed by atoms with van der Waals surface area (Å²) in [5.74, 6) is -0.982. The molecular weight excluding hydrogens is 238 g/mol. The third-order valence-corrected chi connectivity index (χ3v) is 2.07. The number of rotatable bonds is 5. The van der Waals surface area contributed by atoms with Gasteiger partial charge in [-0.25, -0.2) is 4.98 Å². The third-order valence-electron chi connectivity index (χ3n) is 2.07. The topological polar surface area (TPSA) is 85.7 Å². The summed E-state index contributed by atoms with van der Waals surface area (Å²) in [6.07, 6.45) is 1.72. The van der Waals surface area contributed by atoms with Crippen LogP contribution in [0.2, 0.25) is 0 Å². The number of carbonyl (C=O) groups is 2. The first-order chi connectivity index (χ1) is 8.60. The molecule has 0 aliphatic heterocycles. The molecule has 0 spiro atoms. The van der Waals surface area contributed by atoms with Crippen molar-refractivity contribution in [2.75, 3.05) is 0 Å². The van der Waals surface area contributed by atoms with Crippen LogP contribution in [-0.2, 0) is 16.2 Å². The molecule has 6 heteroatoms. The highest BCUT2D eigenvalue weighted by Crippen LogP contribution is 2.26. The van der Waals surface area contributed by atoms with Gasteiger partial charge in [0.25, 0.3) is 5.88 Å². The fraction of sp³-hybridized carbons (Fsp3) is 0.417. The number of hydrogen-bond donors (Lipinski definition) is 1. The molecular formula is C12H15NO5. The van der Waals surface area contributed by atoms with Crippen molar-refractivity contribution in [3.63, 3.8) is 0 Å². The molecule has 0 radical (unpaired) electrons. The van der Waals surface area contributed by atoms with E-state index in [-0.39, 0.29) is 31.1 Å².